The third kappa shape index (κ3) is 5.39. The molecular formula is C17H24FNO3. The van der Waals surface area contributed by atoms with Crippen molar-refractivity contribution in [1.29, 1.82) is 0 Å². The van der Waals surface area contributed by atoms with E-state index in [4.69, 9.17) is 4.74 Å². The van der Waals surface area contributed by atoms with Crippen molar-refractivity contribution in [3.05, 3.63) is 35.6 Å². The molecule has 1 fully saturated rings. The molecule has 122 valence electrons. The van der Waals surface area contributed by atoms with E-state index in [1.54, 1.807) is 12.1 Å². The van der Waals surface area contributed by atoms with Crippen molar-refractivity contribution >= 4 is 5.97 Å². The summed E-state index contributed by atoms with van der Waals surface area (Å²) in [6.45, 7) is 6.01. The van der Waals surface area contributed by atoms with Gasteiger partial charge in [-0.2, -0.15) is 0 Å². The lowest BCUT2D eigenvalue weighted by molar-refractivity contribution is -0.156. The third-order valence-electron chi connectivity index (χ3n) is 3.48. The van der Waals surface area contributed by atoms with E-state index in [1.165, 1.54) is 12.1 Å². The van der Waals surface area contributed by atoms with Gasteiger partial charge in [-0.3, -0.25) is 9.69 Å². The summed E-state index contributed by atoms with van der Waals surface area (Å²) in [5, 5.41) is 10.3. The van der Waals surface area contributed by atoms with Gasteiger partial charge in [0.05, 0.1) is 12.6 Å². The molecule has 1 aliphatic carbocycles. The van der Waals surface area contributed by atoms with Gasteiger partial charge in [-0.15, -0.1) is 0 Å². The summed E-state index contributed by atoms with van der Waals surface area (Å²) in [6.07, 6.45) is 1.31. The summed E-state index contributed by atoms with van der Waals surface area (Å²) in [6, 6.07) is 6.11. The molecule has 1 aliphatic rings. The van der Waals surface area contributed by atoms with Crippen molar-refractivity contribution in [3.63, 3.8) is 0 Å². The zero-order chi connectivity index (χ0) is 16.3. The van der Waals surface area contributed by atoms with Gasteiger partial charge in [-0.05, 0) is 51.3 Å². The van der Waals surface area contributed by atoms with E-state index < -0.39 is 11.7 Å². The van der Waals surface area contributed by atoms with Crippen LogP contribution in [0.2, 0.25) is 0 Å². The van der Waals surface area contributed by atoms with E-state index >= 15 is 0 Å². The van der Waals surface area contributed by atoms with Crippen molar-refractivity contribution < 1.29 is 19.0 Å². The van der Waals surface area contributed by atoms with E-state index in [1.807, 2.05) is 25.7 Å². The standard InChI is InChI=1S/C17H24FNO3/c1-17(2,3)22-16(21)11-19(14-8-9-14)10-15(20)12-4-6-13(18)7-5-12/h4-7,14-15,20H,8-11H2,1-3H3/t15-/m1/s1. The van der Waals surface area contributed by atoms with Gasteiger partial charge in [-0.1, -0.05) is 12.1 Å². The Morgan fingerprint density at radius 2 is 1.95 bits per heavy atom. The summed E-state index contributed by atoms with van der Waals surface area (Å²) in [5.74, 6) is -0.616. The van der Waals surface area contributed by atoms with E-state index in [-0.39, 0.29) is 18.3 Å². The molecular weight excluding hydrogens is 285 g/mol. The molecule has 1 atom stereocenters. The van der Waals surface area contributed by atoms with Crippen LogP contribution in [0.5, 0.6) is 0 Å². The number of halogens is 1. The molecule has 1 aromatic rings. The lowest BCUT2D eigenvalue weighted by atomic mass is 10.1. The van der Waals surface area contributed by atoms with Crippen LogP contribution in [0, 0.1) is 5.82 Å². The topological polar surface area (TPSA) is 49.8 Å². The smallest absolute Gasteiger partial charge is 0.320 e. The number of carbonyl (C=O) groups is 1. The summed E-state index contributed by atoms with van der Waals surface area (Å²) < 4.78 is 18.3. The van der Waals surface area contributed by atoms with E-state index in [0.29, 0.717) is 18.2 Å². The van der Waals surface area contributed by atoms with Gasteiger partial charge < -0.3 is 9.84 Å². The van der Waals surface area contributed by atoms with Gasteiger partial charge in [-0.25, -0.2) is 4.39 Å². The normalized spacial score (nSPS) is 16.6. The zero-order valence-corrected chi connectivity index (χ0v) is 13.4. The van der Waals surface area contributed by atoms with Gasteiger partial charge in [0.25, 0.3) is 0 Å². The highest BCUT2D eigenvalue weighted by atomic mass is 19.1. The van der Waals surface area contributed by atoms with Gasteiger partial charge >= 0.3 is 5.97 Å². The molecule has 0 aromatic heterocycles. The van der Waals surface area contributed by atoms with E-state index in [2.05, 4.69) is 0 Å². The molecule has 22 heavy (non-hydrogen) atoms. The number of aliphatic hydroxyl groups is 1. The van der Waals surface area contributed by atoms with E-state index in [0.717, 1.165) is 12.8 Å². The van der Waals surface area contributed by atoms with Crippen LogP contribution in [-0.2, 0) is 9.53 Å². The first-order valence-corrected chi connectivity index (χ1v) is 7.64. The quantitative estimate of drug-likeness (QED) is 0.821. The highest BCUT2D eigenvalue weighted by Gasteiger charge is 2.33. The van der Waals surface area contributed by atoms with Crippen LogP contribution in [-0.4, -0.2) is 40.7 Å². The molecule has 0 radical (unpaired) electrons. The molecule has 0 heterocycles. The molecule has 0 bridgehead atoms. The largest absolute Gasteiger partial charge is 0.459 e. The Morgan fingerprint density at radius 3 is 2.45 bits per heavy atom. The zero-order valence-electron chi connectivity index (χ0n) is 13.4. The maximum atomic E-state index is 12.9. The fourth-order valence-corrected chi connectivity index (χ4v) is 2.33. The van der Waals surface area contributed by atoms with Crippen molar-refractivity contribution in [2.45, 2.75) is 51.4 Å². The van der Waals surface area contributed by atoms with Gasteiger partial charge in [0.2, 0.25) is 0 Å². The summed E-state index contributed by atoms with van der Waals surface area (Å²) >= 11 is 0. The first kappa shape index (κ1) is 16.9. The predicted octanol–water partition coefficient (Wildman–Crippen LogP) is 2.67. The molecule has 0 spiro atoms. The Bertz CT molecular complexity index is 506. The fraction of sp³-hybridized carbons (Fsp3) is 0.588. The number of hydrogen-bond acceptors (Lipinski definition) is 4. The minimum Gasteiger partial charge on any atom is -0.459 e. The second-order valence-electron chi connectivity index (χ2n) is 6.81. The molecule has 2 rings (SSSR count). The van der Waals surface area contributed by atoms with Crippen LogP contribution < -0.4 is 0 Å². The van der Waals surface area contributed by atoms with Crippen molar-refractivity contribution in [3.8, 4) is 0 Å². The number of esters is 1. The fourth-order valence-electron chi connectivity index (χ4n) is 2.33. The number of rotatable bonds is 6. The molecule has 0 unspecified atom stereocenters. The minimum atomic E-state index is -0.747. The van der Waals surface area contributed by atoms with Gasteiger partial charge in [0.1, 0.15) is 11.4 Å². The Morgan fingerprint density at radius 1 is 1.36 bits per heavy atom. The second-order valence-corrected chi connectivity index (χ2v) is 6.81. The molecule has 0 saturated heterocycles. The van der Waals surface area contributed by atoms with Crippen LogP contribution in [0.15, 0.2) is 24.3 Å². The Kier molecular flexibility index (Phi) is 5.19. The summed E-state index contributed by atoms with van der Waals surface area (Å²) in [5.41, 5.74) is 0.137. The van der Waals surface area contributed by atoms with Crippen LogP contribution in [0.1, 0.15) is 45.3 Å². The van der Waals surface area contributed by atoms with Crippen LogP contribution in [0.25, 0.3) is 0 Å². The SMILES string of the molecule is CC(C)(C)OC(=O)CN(C[C@@H](O)c1ccc(F)cc1)C1CC1. The number of aliphatic hydroxyl groups excluding tert-OH is 1. The monoisotopic (exact) mass is 309 g/mol. The average Bonchev–Trinajstić information content (AvgIpc) is 3.20. The maximum Gasteiger partial charge on any atom is 0.320 e. The molecule has 1 saturated carbocycles. The summed E-state index contributed by atoms with van der Waals surface area (Å²) in [7, 11) is 0. The lowest BCUT2D eigenvalue weighted by Gasteiger charge is -2.26. The summed E-state index contributed by atoms with van der Waals surface area (Å²) in [4.78, 5) is 13.9. The van der Waals surface area contributed by atoms with Crippen LogP contribution in [0.3, 0.4) is 0 Å². The number of nitrogens with zero attached hydrogens (tertiary/aromatic N) is 1. The lowest BCUT2D eigenvalue weighted by Crippen LogP contribution is -2.38. The molecule has 1 aromatic carbocycles. The molecule has 5 heteroatoms. The van der Waals surface area contributed by atoms with Gasteiger partial charge in [0, 0.05) is 12.6 Å². The number of ether oxygens (including phenoxy) is 1. The highest BCUT2D eigenvalue weighted by molar-refractivity contribution is 5.72. The minimum absolute atomic E-state index is 0.167. The van der Waals surface area contributed by atoms with Crippen LogP contribution in [0.4, 0.5) is 4.39 Å². The third-order valence-corrected chi connectivity index (χ3v) is 3.48. The molecule has 4 nitrogen and oxygen atoms in total. The Balaban J connectivity index is 1.94. The molecule has 1 N–H and O–H groups in total. The number of carbonyl (C=O) groups excluding carboxylic acids is 1. The first-order valence-electron chi connectivity index (χ1n) is 7.64. The maximum absolute atomic E-state index is 12.9. The van der Waals surface area contributed by atoms with Crippen molar-refractivity contribution in [2.75, 3.05) is 13.1 Å². The second kappa shape index (κ2) is 6.75. The van der Waals surface area contributed by atoms with Crippen LogP contribution >= 0.6 is 0 Å². The predicted molar refractivity (Wildman–Crippen MR) is 81.8 cm³/mol. The molecule has 0 amide bonds. The number of benzene rings is 1. The highest BCUT2D eigenvalue weighted by Crippen LogP contribution is 2.29. The Hall–Kier alpha value is -1.46. The average molecular weight is 309 g/mol. The number of hydrogen-bond donors (Lipinski definition) is 1. The van der Waals surface area contributed by atoms with E-state index in [9.17, 15) is 14.3 Å². The van der Waals surface area contributed by atoms with Gasteiger partial charge in [0.15, 0.2) is 0 Å². The van der Waals surface area contributed by atoms with Crippen molar-refractivity contribution in [1.82, 2.24) is 4.90 Å². The first-order chi connectivity index (χ1) is 10.2. The Labute approximate surface area is 130 Å². The van der Waals surface area contributed by atoms with Crippen molar-refractivity contribution in [2.24, 2.45) is 0 Å². The molecule has 0 aliphatic heterocycles.